The normalized spacial score (nSPS) is 10.5. The summed E-state index contributed by atoms with van der Waals surface area (Å²) in [5.41, 5.74) is 12.3. The number of carbonyl (C=O) groups is 1. The van der Waals surface area contributed by atoms with Crippen LogP contribution in [-0.4, -0.2) is 10.9 Å². The van der Waals surface area contributed by atoms with Gasteiger partial charge in [-0.3, -0.25) is 9.78 Å². The Morgan fingerprint density at radius 2 is 2.13 bits per heavy atom. The highest BCUT2D eigenvalue weighted by molar-refractivity contribution is 9.10. The highest BCUT2D eigenvalue weighted by Crippen LogP contribution is 2.27. The van der Waals surface area contributed by atoms with Gasteiger partial charge in [0.05, 0.1) is 16.8 Å². The van der Waals surface area contributed by atoms with E-state index in [0.29, 0.717) is 5.69 Å². The molecule has 0 fully saturated rings. The first kappa shape index (κ1) is 9.92. The molecule has 0 saturated heterocycles. The van der Waals surface area contributed by atoms with Crippen LogP contribution in [0, 0.1) is 0 Å². The maximum Gasteiger partial charge on any atom is 0.252 e. The molecule has 1 aromatic heterocycles. The summed E-state index contributed by atoms with van der Waals surface area (Å²) in [7, 11) is 0. The van der Waals surface area contributed by atoms with Gasteiger partial charge in [-0.05, 0) is 22.0 Å². The van der Waals surface area contributed by atoms with Gasteiger partial charge in [-0.2, -0.15) is 0 Å². The van der Waals surface area contributed by atoms with E-state index in [4.69, 9.17) is 11.5 Å². The molecule has 0 saturated carbocycles. The van der Waals surface area contributed by atoms with Crippen LogP contribution < -0.4 is 11.5 Å². The third-order valence-corrected chi connectivity index (χ3v) is 2.80. The second-order valence-corrected chi connectivity index (χ2v) is 3.94. The topological polar surface area (TPSA) is 82.0 Å². The average molecular weight is 266 g/mol. The standard InChI is InChI=1S/C10H8BrN3O/c11-7-3-1-2-5-8(12)6(10(13)15)4-14-9(5)7/h1-4H,(H2,12,14)(H2,13,15). The van der Waals surface area contributed by atoms with Crippen LogP contribution in [0.5, 0.6) is 0 Å². The molecule has 1 aromatic carbocycles. The fourth-order valence-corrected chi connectivity index (χ4v) is 1.87. The van der Waals surface area contributed by atoms with E-state index in [2.05, 4.69) is 20.9 Å². The maximum absolute atomic E-state index is 11.0. The van der Waals surface area contributed by atoms with Crippen molar-refractivity contribution in [3.05, 3.63) is 34.4 Å². The third-order valence-electron chi connectivity index (χ3n) is 2.16. The lowest BCUT2D eigenvalue weighted by atomic mass is 10.1. The minimum atomic E-state index is -0.568. The summed E-state index contributed by atoms with van der Waals surface area (Å²) < 4.78 is 0.836. The summed E-state index contributed by atoms with van der Waals surface area (Å²) in [4.78, 5) is 15.2. The van der Waals surface area contributed by atoms with Gasteiger partial charge < -0.3 is 11.5 Å². The SMILES string of the molecule is NC(=O)c1cnc2c(Br)cccc2c1N. The fraction of sp³-hybridized carbons (Fsp3) is 0. The van der Waals surface area contributed by atoms with Gasteiger partial charge in [0, 0.05) is 16.1 Å². The second-order valence-electron chi connectivity index (χ2n) is 3.09. The summed E-state index contributed by atoms with van der Waals surface area (Å²) in [5.74, 6) is -0.568. The van der Waals surface area contributed by atoms with Gasteiger partial charge in [-0.15, -0.1) is 0 Å². The monoisotopic (exact) mass is 265 g/mol. The number of benzene rings is 1. The first-order valence-corrected chi connectivity index (χ1v) is 5.03. The Hall–Kier alpha value is -1.62. The van der Waals surface area contributed by atoms with Gasteiger partial charge in [-0.25, -0.2) is 0 Å². The number of pyridine rings is 1. The van der Waals surface area contributed by atoms with Crippen LogP contribution in [0.2, 0.25) is 0 Å². The Morgan fingerprint density at radius 3 is 2.80 bits per heavy atom. The lowest BCUT2D eigenvalue weighted by Crippen LogP contribution is -2.14. The van der Waals surface area contributed by atoms with E-state index in [-0.39, 0.29) is 5.56 Å². The first-order chi connectivity index (χ1) is 7.11. The molecular formula is C10H8BrN3O. The molecular weight excluding hydrogens is 258 g/mol. The molecule has 0 aliphatic rings. The molecule has 0 bridgehead atoms. The van der Waals surface area contributed by atoms with Gasteiger partial charge >= 0.3 is 0 Å². The second kappa shape index (κ2) is 3.51. The summed E-state index contributed by atoms with van der Waals surface area (Å²) in [5, 5.41) is 0.723. The number of primary amides is 1. The Bertz CT molecular complexity index is 554. The van der Waals surface area contributed by atoms with E-state index in [0.717, 1.165) is 15.4 Å². The number of hydrogen-bond donors (Lipinski definition) is 2. The molecule has 0 aliphatic carbocycles. The zero-order valence-corrected chi connectivity index (χ0v) is 9.28. The molecule has 2 aromatic rings. The van der Waals surface area contributed by atoms with E-state index in [9.17, 15) is 4.79 Å². The minimum absolute atomic E-state index is 0.251. The van der Waals surface area contributed by atoms with E-state index < -0.39 is 5.91 Å². The van der Waals surface area contributed by atoms with Gasteiger partial charge in [0.1, 0.15) is 0 Å². The number of nitrogens with two attached hydrogens (primary N) is 2. The first-order valence-electron chi connectivity index (χ1n) is 4.23. The molecule has 0 radical (unpaired) electrons. The van der Waals surface area contributed by atoms with Gasteiger partial charge in [0.15, 0.2) is 0 Å². The number of para-hydroxylation sites is 1. The Morgan fingerprint density at radius 1 is 1.40 bits per heavy atom. The van der Waals surface area contributed by atoms with Crippen molar-refractivity contribution in [2.45, 2.75) is 0 Å². The van der Waals surface area contributed by atoms with Crippen LogP contribution in [0.15, 0.2) is 28.9 Å². The van der Waals surface area contributed by atoms with Crippen molar-refractivity contribution >= 4 is 38.4 Å². The Kier molecular flexibility index (Phi) is 2.32. The molecule has 15 heavy (non-hydrogen) atoms. The van der Waals surface area contributed by atoms with Gasteiger partial charge in [0.2, 0.25) is 0 Å². The lowest BCUT2D eigenvalue weighted by Gasteiger charge is -2.06. The van der Waals surface area contributed by atoms with E-state index >= 15 is 0 Å². The van der Waals surface area contributed by atoms with Crippen molar-refractivity contribution in [1.82, 2.24) is 4.98 Å². The minimum Gasteiger partial charge on any atom is -0.397 e. The van der Waals surface area contributed by atoms with Gasteiger partial charge in [-0.1, -0.05) is 12.1 Å². The number of aromatic nitrogens is 1. The van der Waals surface area contributed by atoms with E-state index in [1.54, 1.807) is 6.07 Å². The van der Waals surface area contributed by atoms with Crippen LogP contribution in [0.3, 0.4) is 0 Å². The van der Waals surface area contributed by atoms with Crippen LogP contribution in [-0.2, 0) is 0 Å². The molecule has 0 unspecified atom stereocenters. The van der Waals surface area contributed by atoms with Crippen molar-refractivity contribution in [2.24, 2.45) is 5.73 Å². The molecule has 76 valence electrons. The predicted octanol–water partition coefficient (Wildman–Crippen LogP) is 1.68. The summed E-state index contributed by atoms with van der Waals surface area (Å²) in [6, 6.07) is 5.49. The number of nitrogens with zero attached hydrogens (tertiary/aromatic N) is 1. The maximum atomic E-state index is 11.0. The number of carbonyl (C=O) groups excluding carboxylic acids is 1. The number of amides is 1. The number of halogens is 1. The average Bonchev–Trinajstić information content (AvgIpc) is 2.19. The molecule has 2 rings (SSSR count). The smallest absolute Gasteiger partial charge is 0.252 e. The fourth-order valence-electron chi connectivity index (χ4n) is 1.40. The zero-order valence-electron chi connectivity index (χ0n) is 7.70. The molecule has 1 amide bonds. The van der Waals surface area contributed by atoms with Crippen LogP contribution in [0.4, 0.5) is 5.69 Å². The van der Waals surface area contributed by atoms with Gasteiger partial charge in [0.25, 0.3) is 5.91 Å². The molecule has 0 spiro atoms. The van der Waals surface area contributed by atoms with E-state index in [1.165, 1.54) is 6.20 Å². The van der Waals surface area contributed by atoms with Crippen molar-refractivity contribution in [3.8, 4) is 0 Å². The molecule has 0 aliphatic heterocycles. The van der Waals surface area contributed by atoms with Crippen molar-refractivity contribution < 1.29 is 4.79 Å². The molecule has 0 atom stereocenters. The highest BCUT2D eigenvalue weighted by atomic mass is 79.9. The molecule has 5 heteroatoms. The number of rotatable bonds is 1. The Labute approximate surface area is 94.4 Å². The van der Waals surface area contributed by atoms with Crippen LogP contribution in [0.25, 0.3) is 10.9 Å². The third kappa shape index (κ3) is 1.55. The summed E-state index contributed by atoms with van der Waals surface area (Å²) in [6.07, 6.45) is 1.39. The lowest BCUT2D eigenvalue weighted by molar-refractivity contribution is 0.100. The number of fused-ring (bicyclic) bond motifs is 1. The van der Waals surface area contributed by atoms with Crippen molar-refractivity contribution in [1.29, 1.82) is 0 Å². The zero-order chi connectivity index (χ0) is 11.0. The summed E-state index contributed by atoms with van der Waals surface area (Å²) >= 11 is 3.36. The number of anilines is 1. The van der Waals surface area contributed by atoms with Crippen LogP contribution in [0.1, 0.15) is 10.4 Å². The number of nitrogen functional groups attached to an aromatic ring is 1. The summed E-state index contributed by atoms with van der Waals surface area (Å²) in [6.45, 7) is 0. The Balaban J connectivity index is 2.86. The number of hydrogen-bond acceptors (Lipinski definition) is 3. The predicted molar refractivity (Wildman–Crippen MR) is 62.4 cm³/mol. The molecule has 4 N–H and O–H groups in total. The van der Waals surface area contributed by atoms with Crippen LogP contribution >= 0.6 is 15.9 Å². The van der Waals surface area contributed by atoms with Crippen molar-refractivity contribution in [2.75, 3.05) is 5.73 Å². The largest absolute Gasteiger partial charge is 0.397 e. The molecule has 1 heterocycles. The highest BCUT2D eigenvalue weighted by Gasteiger charge is 2.11. The van der Waals surface area contributed by atoms with E-state index in [1.807, 2.05) is 12.1 Å². The molecule has 4 nitrogen and oxygen atoms in total. The van der Waals surface area contributed by atoms with Crippen molar-refractivity contribution in [3.63, 3.8) is 0 Å². The quantitative estimate of drug-likeness (QED) is 0.823.